The minimum atomic E-state index is -4.56. The lowest BCUT2D eigenvalue weighted by Gasteiger charge is -2.15. The van der Waals surface area contributed by atoms with Crippen molar-refractivity contribution in [2.45, 2.75) is 29.7 Å². The standard InChI is InChI=1S/C11H14F3NO2S/c1-2-9(7-15)18(16,17)10-5-3-4-8(6-10)11(12,13)14/h3-6,9H,2,7,15H2,1H3. The second kappa shape index (κ2) is 5.27. The summed E-state index contributed by atoms with van der Waals surface area (Å²) in [5.74, 6) is 0. The molecule has 0 heterocycles. The Bertz CT molecular complexity index is 507. The van der Waals surface area contributed by atoms with Crippen LogP contribution in [0.2, 0.25) is 0 Å². The van der Waals surface area contributed by atoms with Gasteiger partial charge in [0.15, 0.2) is 9.84 Å². The molecule has 18 heavy (non-hydrogen) atoms. The van der Waals surface area contributed by atoms with E-state index in [0.29, 0.717) is 6.07 Å². The average molecular weight is 281 g/mol. The number of halogens is 3. The molecule has 1 atom stereocenters. The fraction of sp³-hybridized carbons (Fsp3) is 0.455. The van der Waals surface area contributed by atoms with Gasteiger partial charge in [0, 0.05) is 6.54 Å². The highest BCUT2D eigenvalue weighted by molar-refractivity contribution is 7.92. The van der Waals surface area contributed by atoms with Crippen molar-refractivity contribution in [2.24, 2.45) is 5.73 Å². The lowest BCUT2D eigenvalue weighted by atomic mass is 10.2. The Kier molecular flexibility index (Phi) is 4.39. The van der Waals surface area contributed by atoms with Gasteiger partial charge in [0.2, 0.25) is 0 Å². The van der Waals surface area contributed by atoms with Gasteiger partial charge in [-0.25, -0.2) is 8.42 Å². The number of alkyl halides is 3. The zero-order valence-corrected chi connectivity index (χ0v) is 10.6. The van der Waals surface area contributed by atoms with E-state index in [-0.39, 0.29) is 17.9 Å². The molecule has 1 unspecified atom stereocenters. The van der Waals surface area contributed by atoms with Crippen LogP contribution in [0.1, 0.15) is 18.9 Å². The van der Waals surface area contributed by atoms with Crippen LogP contribution in [0.5, 0.6) is 0 Å². The Morgan fingerprint density at radius 2 is 1.94 bits per heavy atom. The van der Waals surface area contributed by atoms with Crippen LogP contribution in [0, 0.1) is 0 Å². The van der Waals surface area contributed by atoms with E-state index in [1.165, 1.54) is 0 Å². The maximum absolute atomic E-state index is 12.5. The second-order valence-electron chi connectivity index (χ2n) is 3.84. The van der Waals surface area contributed by atoms with E-state index in [0.717, 1.165) is 18.2 Å². The minimum absolute atomic E-state index is 0.116. The van der Waals surface area contributed by atoms with Gasteiger partial charge in [0.25, 0.3) is 0 Å². The van der Waals surface area contributed by atoms with Gasteiger partial charge in [-0.15, -0.1) is 0 Å². The lowest BCUT2D eigenvalue weighted by molar-refractivity contribution is -0.137. The molecular formula is C11H14F3NO2S. The van der Waals surface area contributed by atoms with E-state index in [1.54, 1.807) is 6.92 Å². The quantitative estimate of drug-likeness (QED) is 0.920. The molecule has 0 aromatic heterocycles. The zero-order chi connectivity index (χ0) is 14.0. The normalized spacial score (nSPS) is 14.5. The first-order chi connectivity index (χ1) is 8.23. The van der Waals surface area contributed by atoms with E-state index < -0.39 is 26.8 Å². The fourth-order valence-electron chi connectivity index (χ4n) is 1.55. The smallest absolute Gasteiger partial charge is 0.329 e. The first-order valence-electron chi connectivity index (χ1n) is 5.34. The van der Waals surface area contributed by atoms with Crippen LogP contribution < -0.4 is 5.73 Å². The van der Waals surface area contributed by atoms with Gasteiger partial charge >= 0.3 is 6.18 Å². The van der Waals surface area contributed by atoms with Gasteiger partial charge in [0.1, 0.15) is 0 Å². The molecular weight excluding hydrogens is 267 g/mol. The Labute approximate surface area is 104 Å². The van der Waals surface area contributed by atoms with Gasteiger partial charge in [-0.3, -0.25) is 0 Å². The molecule has 7 heteroatoms. The molecule has 0 radical (unpaired) electrons. The molecule has 0 saturated heterocycles. The highest BCUT2D eigenvalue weighted by Crippen LogP contribution is 2.31. The third kappa shape index (κ3) is 3.02. The van der Waals surface area contributed by atoms with Gasteiger partial charge in [-0.05, 0) is 24.6 Å². The Balaban J connectivity index is 3.26. The number of hydrogen-bond donors (Lipinski definition) is 1. The summed E-state index contributed by atoms with van der Waals surface area (Å²) in [5.41, 5.74) is 4.35. The summed E-state index contributed by atoms with van der Waals surface area (Å²) in [6, 6.07) is 3.72. The van der Waals surface area contributed by atoms with E-state index in [9.17, 15) is 21.6 Å². The molecule has 0 aliphatic rings. The molecule has 0 saturated carbocycles. The average Bonchev–Trinajstić information content (AvgIpc) is 2.29. The van der Waals surface area contributed by atoms with Crippen molar-refractivity contribution in [1.29, 1.82) is 0 Å². The van der Waals surface area contributed by atoms with Gasteiger partial charge in [-0.1, -0.05) is 13.0 Å². The molecule has 102 valence electrons. The van der Waals surface area contributed by atoms with Crippen LogP contribution in [-0.4, -0.2) is 20.2 Å². The lowest BCUT2D eigenvalue weighted by Crippen LogP contribution is -2.29. The number of rotatable bonds is 4. The van der Waals surface area contributed by atoms with Gasteiger partial charge in [-0.2, -0.15) is 13.2 Å². The first kappa shape index (κ1) is 15.0. The summed E-state index contributed by atoms with van der Waals surface area (Å²) in [6.07, 6.45) is -4.30. The fourth-order valence-corrected chi connectivity index (χ4v) is 3.19. The van der Waals surface area contributed by atoms with Crippen LogP contribution in [0.25, 0.3) is 0 Å². The first-order valence-corrected chi connectivity index (χ1v) is 6.89. The summed E-state index contributed by atoms with van der Waals surface area (Å²) in [6.45, 7) is 1.51. The summed E-state index contributed by atoms with van der Waals surface area (Å²) in [5, 5.41) is -0.860. The van der Waals surface area contributed by atoms with Crippen LogP contribution in [-0.2, 0) is 16.0 Å². The largest absolute Gasteiger partial charge is 0.416 e. The summed E-state index contributed by atoms with van der Waals surface area (Å²) >= 11 is 0. The van der Waals surface area contributed by atoms with Crippen LogP contribution in [0.3, 0.4) is 0 Å². The minimum Gasteiger partial charge on any atom is -0.329 e. The van der Waals surface area contributed by atoms with Crippen molar-refractivity contribution in [3.8, 4) is 0 Å². The number of benzene rings is 1. The third-order valence-electron chi connectivity index (χ3n) is 2.65. The second-order valence-corrected chi connectivity index (χ2v) is 6.06. The number of sulfone groups is 1. The Morgan fingerprint density at radius 3 is 2.39 bits per heavy atom. The maximum atomic E-state index is 12.5. The zero-order valence-electron chi connectivity index (χ0n) is 9.74. The summed E-state index contributed by atoms with van der Waals surface area (Å²) < 4.78 is 61.6. The number of hydrogen-bond acceptors (Lipinski definition) is 3. The molecule has 3 nitrogen and oxygen atoms in total. The van der Waals surface area contributed by atoms with Crippen LogP contribution >= 0.6 is 0 Å². The number of nitrogens with two attached hydrogens (primary N) is 1. The molecule has 0 fully saturated rings. The summed E-state index contributed by atoms with van der Waals surface area (Å²) in [7, 11) is -3.81. The van der Waals surface area contributed by atoms with Crippen LogP contribution in [0.4, 0.5) is 13.2 Å². The Morgan fingerprint density at radius 1 is 1.33 bits per heavy atom. The molecule has 1 aromatic carbocycles. The molecule has 0 aliphatic heterocycles. The van der Waals surface area contributed by atoms with Crippen molar-refractivity contribution < 1.29 is 21.6 Å². The van der Waals surface area contributed by atoms with Gasteiger partial charge < -0.3 is 5.73 Å². The molecule has 0 spiro atoms. The topological polar surface area (TPSA) is 60.2 Å². The van der Waals surface area contributed by atoms with Crippen molar-refractivity contribution in [3.63, 3.8) is 0 Å². The monoisotopic (exact) mass is 281 g/mol. The predicted octanol–water partition coefficient (Wildman–Crippen LogP) is 2.22. The van der Waals surface area contributed by atoms with Crippen molar-refractivity contribution in [3.05, 3.63) is 29.8 Å². The van der Waals surface area contributed by atoms with Crippen molar-refractivity contribution in [1.82, 2.24) is 0 Å². The SMILES string of the molecule is CCC(CN)S(=O)(=O)c1cccc(C(F)(F)F)c1. The molecule has 0 bridgehead atoms. The highest BCUT2D eigenvalue weighted by atomic mass is 32.2. The predicted molar refractivity (Wildman–Crippen MR) is 61.8 cm³/mol. The van der Waals surface area contributed by atoms with E-state index in [1.807, 2.05) is 0 Å². The Hall–Kier alpha value is -1.08. The molecule has 2 N–H and O–H groups in total. The molecule has 1 aromatic rings. The van der Waals surface area contributed by atoms with Crippen molar-refractivity contribution >= 4 is 9.84 Å². The van der Waals surface area contributed by atoms with Gasteiger partial charge in [0.05, 0.1) is 15.7 Å². The van der Waals surface area contributed by atoms with Crippen molar-refractivity contribution in [2.75, 3.05) is 6.54 Å². The third-order valence-corrected chi connectivity index (χ3v) is 4.96. The molecule has 0 aliphatic carbocycles. The molecule has 1 rings (SSSR count). The van der Waals surface area contributed by atoms with Crippen LogP contribution in [0.15, 0.2) is 29.2 Å². The highest BCUT2D eigenvalue weighted by Gasteiger charge is 2.32. The molecule has 0 amide bonds. The maximum Gasteiger partial charge on any atom is 0.416 e. The van der Waals surface area contributed by atoms with E-state index in [4.69, 9.17) is 5.73 Å². The summed E-state index contributed by atoms with van der Waals surface area (Å²) in [4.78, 5) is -0.338. The van der Waals surface area contributed by atoms with E-state index in [2.05, 4.69) is 0 Å². The van der Waals surface area contributed by atoms with E-state index >= 15 is 0 Å².